The van der Waals surface area contributed by atoms with Crippen molar-refractivity contribution in [3.8, 4) is 0 Å². The van der Waals surface area contributed by atoms with Crippen molar-refractivity contribution in [3.05, 3.63) is 0 Å². The number of hydrogen-bond acceptors (Lipinski definition) is 3. The Morgan fingerprint density at radius 1 is 1.33 bits per heavy atom. The molecule has 4 nitrogen and oxygen atoms in total. The number of hydrogen-bond donors (Lipinski definition) is 1. The molecule has 0 aromatic heterocycles. The van der Waals surface area contributed by atoms with Crippen LogP contribution in [-0.2, 0) is 4.74 Å². The van der Waals surface area contributed by atoms with E-state index in [1.165, 1.54) is 12.8 Å². The quantitative estimate of drug-likeness (QED) is 0.807. The summed E-state index contributed by atoms with van der Waals surface area (Å²) in [5.74, 6) is 0. The molecule has 0 bridgehead atoms. The number of amides is 1. The number of carbonyl (C=O) groups is 1. The lowest BCUT2D eigenvalue weighted by Crippen LogP contribution is -2.44. The van der Waals surface area contributed by atoms with E-state index in [4.69, 9.17) is 4.74 Å². The van der Waals surface area contributed by atoms with Gasteiger partial charge in [0.2, 0.25) is 0 Å². The summed E-state index contributed by atoms with van der Waals surface area (Å²) in [6.07, 6.45) is 5.43. The maximum Gasteiger partial charge on any atom is 0.410 e. The Balaban J connectivity index is 2.48. The summed E-state index contributed by atoms with van der Waals surface area (Å²) in [5.41, 5.74) is -0.413. The zero-order chi connectivity index (χ0) is 16.0. The fourth-order valence-electron chi connectivity index (χ4n) is 3.12. The van der Waals surface area contributed by atoms with E-state index in [1.54, 1.807) is 0 Å². The predicted octanol–water partition coefficient (Wildman–Crippen LogP) is 3.94. The van der Waals surface area contributed by atoms with Gasteiger partial charge in [-0.2, -0.15) is 0 Å². The summed E-state index contributed by atoms with van der Waals surface area (Å²) in [6, 6.07) is 1.29. The fourth-order valence-corrected chi connectivity index (χ4v) is 3.12. The van der Waals surface area contributed by atoms with Crippen LogP contribution in [0.2, 0.25) is 0 Å². The molecule has 1 rings (SSSR count). The zero-order valence-corrected chi connectivity index (χ0v) is 14.7. The molecule has 1 aliphatic rings. The molecule has 0 spiro atoms. The molecule has 3 atom stereocenters. The number of likely N-dealkylation sites (tertiary alicyclic amines) is 1. The molecule has 0 radical (unpaired) electrons. The Labute approximate surface area is 130 Å². The van der Waals surface area contributed by atoms with Gasteiger partial charge in [0.1, 0.15) is 5.60 Å². The zero-order valence-electron chi connectivity index (χ0n) is 14.7. The smallest absolute Gasteiger partial charge is 0.410 e. The van der Waals surface area contributed by atoms with Crippen molar-refractivity contribution in [1.29, 1.82) is 0 Å². The van der Waals surface area contributed by atoms with E-state index in [2.05, 4.69) is 26.1 Å². The molecule has 0 aromatic rings. The van der Waals surface area contributed by atoms with Crippen molar-refractivity contribution in [2.24, 2.45) is 0 Å². The van der Waals surface area contributed by atoms with E-state index in [0.29, 0.717) is 18.1 Å². The maximum absolute atomic E-state index is 12.3. The summed E-state index contributed by atoms with van der Waals surface area (Å²) < 4.78 is 5.52. The summed E-state index contributed by atoms with van der Waals surface area (Å²) in [5, 5.41) is 3.64. The molecule has 4 heteroatoms. The number of nitrogens with one attached hydrogen (secondary N) is 1. The second kappa shape index (κ2) is 8.02. The van der Waals surface area contributed by atoms with E-state index in [0.717, 1.165) is 25.8 Å². The van der Waals surface area contributed by atoms with Gasteiger partial charge >= 0.3 is 6.09 Å². The topological polar surface area (TPSA) is 41.6 Å². The van der Waals surface area contributed by atoms with E-state index >= 15 is 0 Å². The molecule has 0 aliphatic carbocycles. The van der Waals surface area contributed by atoms with Crippen LogP contribution >= 0.6 is 0 Å². The van der Waals surface area contributed by atoms with Crippen molar-refractivity contribution in [2.75, 3.05) is 6.54 Å². The molecule has 0 aromatic carbocycles. The largest absolute Gasteiger partial charge is 0.444 e. The highest BCUT2D eigenvalue weighted by Gasteiger charge is 2.32. The van der Waals surface area contributed by atoms with Crippen molar-refractivity contribution >= 4 is 6.09 Å². The van der Waals surface area contributed by atoms with Gasteiger partial charge in [-0.3, -0.25) is 0 Å². The van der Waals surface area contributed by atoms with Gasteiger partial charge in [-0.25, -0.2) is 4.79 Å². The van der Waals surface area contributed by atoms with E-state index in [1.807, 2.05) is 25.7 Å². The van der Waals surface area contributed by atoms with Crippen LogP contribution in [0.15, 0.2) is 0 Å². The van der Waals surface area contributed by atoms with Crippen LogP contribution in [0.4, 0.5) is 4.79 Å². The molecule has 21 heavy (non-hydrogen) atoms. The molecule has 1 fully saturated rings. The first-order valence-electron chi connectivity index (χ1n) is 8.48. The first kappa shape index (κ1) is 18.3. The minimum atomic E-state index is -0.413. The average Bonchev–Trinajstić information content (AvgIpc) is 2.74. The highest BCUT2D eigenvalue weighted by molar-refractivity contribution is 5.68. The number of carbonyl (C=O) groups excluding carboxylic acids is 1. The van der Waals surface area contributed by atoms with Gasteiger partial charge in [0, 0.05) is 24.7 Å². The first-order chi connectivity index (χ1) is 9.73. The average molecular weight is 298 g/mol. The first-order valence-corrected chi connectivity index (χ1v) is 8.48. The maximum atomic E-state index is 12.3. The lowest BCUT2D eigenvalue weighted by molar-refractivity contribution is 0.0214. The van der Waals surface area contributed by atoms with Gasteiger partial charge < -0.3 is 15.0 Å². The molecule has 1 N–H and O–H groups in total. The van der Waals surface area contributed by atoms with Crippen molar-refractivity contribution in [3.63, 3.8) is 0 Å². The Morgan fingerprint density at radius 2 is 2.00 bits per heavy atom. The summed E-state index contributed by atoms with van der Waals surface area (Å²) in [6.45, 7) is 13.3. The summed E-state index contributed by atoms with van der Waals surface area (Å²) in [7, 11) is 0. The van der Waals surface area contributed by atoms with Crippen LogP contribution in [0, 0.1) is 0 Å². The number of rotatable bonds is 6. The van der Waals surface area contributed by atoms with Crippen molar-refractivity contribution < 1.29 is 9.53 Å². The van der Waals surface area contributed by atoms with Gasteiger partial charge in [-0.05, 0) is 60.3 Å². The second-order valence-corrected chi connectivity index (χ2v) is 7.46. The predicted molar refractivity (Wildman–Crippen MR) is 87.5 cm³/mol. The third-order valence-corrected chi connectivity index (χ3v) is 3.92. The van der Waals surface area contributed by atoms with E-state index < -0.39 is 5.60 Å². The standard InChI is InChI=1S/C17H34N2O2/c1-7-9-13(2)18-14(3)12-15-10-8-11-19(15)16(20)21-17(4,5)6/h13-15,18H,7-12H2,1-6H3. The van der Waals surface area contributed by atoms with Crippen molar-refractivity contribution in [1.82, 2.24) is 10.2 Å². The van der Waals surface area contributed by atoms with Gasteiger partial charge in [-0.15, -0.1) is 0 Å². The lowest BCUT2D eigenvalue weighted by Gasteiger charge is -2.30. The molecule has 1 aliphatic heterocycles. The third-order valence-electron chi connectivity index (χ3n) is 3.92. The molecule has 0 saturated carbocycles. The Bertz CT molecular complexity index is 325. The van der Waals surface area contributed by atoms with Crippen LogP contribution in [0.1, 0.15) is 73.6 Å². The minimum absolute atomic E-state index is 0.154. The summed E-state index contributed by atoms with van der Waals surface area (Å²) >= 11 is 0. The molecular weight excluding hydrogens is 264 g/mol. The van der Waals surface area contributed by atoms with Crippen LogP contribution in [0.25, 0.3) is 0 Å². The Hall–Kier alpha value is -0.770. The lowest BCUT2D eigenvalue weighted by atomic mass is 10.0. The molecule has 124 valence electrons. The number of nitrogens with zero attached hydrogens (tertiary/aromatic N) is 1. The SMILES string of the molecule is CCCC(C)NC(C)CC1CCCN1C(=O)OC(C)(C)C. The minimum Gasteiger partial charge on any atom is -0.444 e. The van der Waals surface area contributed by atoms with Gasteiger partial charge in [-0.1, -0.05) is 13.3 Å². The Kier molecular flexibility index (Phi) is 6.98. The molecule has 1 amide bonds. The van der Waals surface area contributed by atoms with Crippen LogP contribution in [0.5, 0.6) is 0 Å². The van der Waals surface area contributed by atoms with Gasteiger partial charge in [0.05, 0.1) is 0 Å². The highest BCUT2D eigenvalue weighted by Crippen LogP contribution is 2.24. The van der Waals surface area contributed by atoms with Crippen molar-refractivity contribution in [2.45, 2.75) is 97.4 Å². The third kappa shape index (κ3) is 6.68. The van der Waals surface area contributed by atoms with E-state index in [-0.39, 0.29) is 6.09 Å². The second-order valence-electron chi connectivity index (χ2n) is 7.46. The monoisotopic (exact) mass is 298 g/mol. The van der Waals surface area contributed by atoms with Crippen LogP contribution < -0.4 is 5.32 Å². The Morgan fingerprint density at radius 3 is 2.57 bits per heavy atom. The van der Waals surface area contributed by atoms with E-state index in [9.17, 15) is 4.79 Å². The number of ether oxygens (including phenoxy) is 1. The molecule has 1 saturated heterocycles. The van der Waals surface area contributed by atoms with Crippen LogP contribution in [0.3, 0.4) is 0 Å². The van der Waals surface area contributed by atoms with Gasteiger partial charge in [0.15, 0.2) is 0 Å². The summed E-state index contributed by atoms with van der Waals surface area (Å²) in [4.78, 5) is 14.2. The van der Waals surface area contributed by atoms with Gasteiger partial charge in [0.25, 0.3) is 0 Å². The fraction of sp³-hybridized carbons (Fsp3) is 0.941. The highest BCUT2D eigenvalue weighted by atomic mass is 16.6. The molecular formula is C17H34N2O2. The molecule has 1 heterocycles. The van der Waals surface area contributed by atoms with Crippen LogP contribution in [-0.4, -0.2) is 41.3 Å². The molecule has 3 unspecified atom stereocenters. The normalized spacial score (nSPS) is 22.2.